The Hall–Kier alpha value is -0.995. The predicted molar refractivity (Wildman–Crippen MR) is 76.8 cm³/mol. The molecule has 94 valence electrons. The number of isothiocyanates is 1. The summed E-state index contributed by atoms with van der Waals surface area (Å²) < 4.78 is 11.9. The number of hydrogen-bond donors (Lipinski definition) is 0. The van der Waals surface area contributed by atoms with E-state index in [9.17, 15) is 0 Å². The van der Waals surface area contributed by atoms with Crippen LogP contribution in [0.25, 0.3) is 0 Å². The highest BCUT2D eigenvalue weighted by Crippen LogP contribution is 2.36. The lowest BCUT2D eigenvalue weighted by molar-refractivity contribution is 0.00578. The van der Waals surface area contributed by atoms with Crippen LogP contribution in [0.5, 0.6) is 0 Å². The molecule has 18 heavy (non-hydrogen) atoms. The molecule has 0 aliphatic carbocycles. The van der Waals surface area contributed by atoms with E-state index in [1.165, 1.54) is 0 Å². The van der Waals surface area contributed by atoms with Crippen LogP contribution in [-0.4, -0.2) is 23.5 Å². The van der Waals surface area contributed by atoms with Gasteiger partial charge in [-0.25, -0.2) is 0 Å². The lowest BCUT2D eigenvalue weighted by Crippen LogP contribution is -2.41. The van der Waals surface area contributed by atoms with Crippen molar-refractivity contribution in [3.8, 4) is 0 Å². The van der Waals surface area contributed by atoms with Crippen LogP contribution in [0.15, 0.2) is 29.3 Å². The van der Waals surface area contributed by atoms with Gasteiger partial charge in [0.15, 0.2) is 0 Å². The summed E-state index contributed by atoms with van der Waals surface area (Å²) in [5, 5.41) is 2.34. The van der Waals surface area contributed by atoms with Gasteiger partial charge in [0.1, 0.15) is 0 Å². The molecule has 1 aromatic carbocycles. The average molecular weight is 261 g/mol. The fraction of sp³-hybridized carbons (Fsp3) is 0.462. The molecule has 5 heteroatoms. The molecular weight excluding hydrogens is 245 g/mol. The third-order valence-corrected chi connectivity index (χ3v) is 3.68. The Morgan fingerprint density at radius 1 is 1.06 bits per heavy atom. The van der Waals surface area contributed by atoms with Crippen molar-refractivity contribution in [3.05, 3.63) is 24.3 Å². The maximum atomic E-state index is 5.96. The van der Waals surface area contributed by atoms with Crippen LogP contribution in [0.4, 0.5) is 5.69 Å². The van der Waals surface area contributed by atoms with Gasteiger partial charge >= 0.3 is 7.12 Å². The number of aliphatic imine (C=N–C) groups is 1. The van der Waals surface area contributed by atoms with E-state index >= 15 is 0 Å². The quantitative estimate of drug-likeness (QED) is 0.466. The van der Waals surface area contributed by atoms with E-state index < -0.39 is 0 Å². The zero-order valence-corrected chi connectivity index (χ0v) is 11.9. The number of thiocarbonyl (C=S) groups is 1. The van der Waals surface area contributed by atoms with Gasteiger partial charge in [0.25, 0.3) is 0 Å². The summed E-state index contributed by atoms with van der Waals surface area (Å²) in [6.45, 7) is 8.16. The van der Waals surface area contributed by atoms with Crippen molar-refractivity contribution in [1.82, 2.24) is 0 Å². The molecule has 1 heterocycles. The minimum Gasteiger partial charge on any atom is -0.399 e. The number of benzene rings is 1. The highest BCUT2D eigenvalue weighted by molar-refractivity contribution is 7.78. The lowest BCUT2D eigenvalue weighted by Gasteiger charge is -2.32. The Balaban J connectivity index is 2.22. The summed E-state index contributed by atoms with van der Waals surface area (Å²) in [4.78, 5) is 3.91. The third kappa shape index (κ3) is 2.40. The minimum atomic E-state index is -0.333. The summed E-state index contributed by atoms with van der Waals surface area (Å²) >= 11 is 4.57. The first kappa shape index (κ1) is 13.4. The first-order chi connectivity index (χ1) is 8.36. The van der Waals surface area contributed by atoms with Crippen LogP contribution >= 0.6 is 12.2 Å². The van der Waals surface area contributed by atoms with Gasteiger partial charge in [0.05, 0.1) is 22.1 Å². The van der Waals surface area contributed by atoms with Crippen molar-refractivity contribution in [2.75, 3.05) is 0 Å². The molecule has 0 atom stereocenters. The van der Waals surface area contributed by atoms with E-state index in [-0.39, 0.29) is 18.3 Å². The van der Waals surface area contributed by atoms with Crippen LogP contribution in [0.2, 0.25) is 0 Å². The summed E-state index contributed by atoms with van der Waals surface area (Å²) in [7, 11) is -0.333. The molecule has 1 saturated heterocycles. The van der Waals surface area contributed by atoms with Crippen molar-refractivity contribution in [2.45, 2.75) is 38.9 Å². The maximum Gasteiger partial charge on any atom is 0.494 e. The largest absolute Gasteiger partial charge is 0.494 e. The Bertz CT molecular complexity index is 476. The Morgan fingerprint density at radius 3 is 2.00 bits per heavy atom. The summed E-state index contributed by atoms with van der Waals surface area (Å²) in [5.74, 6) is 0. The number of rotatable bonds is 2. The second-order valence-electron chi connectivity index (χ2n) is 5.38. The maximum absolute atomic E-state index is 5.96. The molecule has 0 N–H and O–H groups in total. The standard InChI is InChI=1S/C13H16BNO2S/c1-12(2)13(3,4)17-14(16-12)10-5-7-11(8-6-10)15-9-18/h5-8H,1-4H3. The summed E-state index contributed by atoms with van der Waals surface area (Å²) in [6, 6.07) is 7.63. The van der Waals surface area contributed by atoms with E-state index in [0.717, 1.165) is 11.2 Å². The Kier molecular flexibility index (Phi) is 3.43. The fourth-order valence-corrected chi connectivity index (χ4v) is 1.84. The second kappa shape index (κ2) is 4.59. The van der Waals surface area contributed by atoms with Crippen LogP contribution in [0.1, 0.15) is 27.7 Å². The van der Waals surface area contributed by atoms with Gasteiger partial charge in [-0.1, -0.05) is 12.1 Å². The molecule has 1 aliphatic rings. The van der Waals surface area contributed by atoms with Crippen molar-refractivity contribution >= 4 is 35.6 Å². The van der Waals surface area contributed by atoms with E-state index in [4.69, 9.17) is 9.31 Å². The molecule has 3 nitrogen and oxygen atoms in total. The molecular formula is C13H16BNO2S. The first-order valence-electron chi connectivity index (χ1n) is 5.89. The fourth-order valence-electron chi connectivity index (χ4n) is 1.74. The molecule has 0 radical (unpaired) electrons. The zero-order chi connectivity index (χ0) is 13.4. The topological polar surface area (TPSA) is 30.8 Å². The molecule has 1 aliphatic heterocycles. The highest BCUT2D eigenvalue weighted by atomic mass is 32.1. The molecule has 0 bridgehead atoms. The van der Waals surface area contributed by atoms with Gasteiger partial charge in [-0.05, 0) is 57.5 Å². The zero-order valence-electron chi connectivity index (χ0n) is 11.1. The lowest BCUT2D eigenvalue weighted by atomic mass is 9.79. The van der Waals surface area contributed by atoms with Crippen molar-refractivity contribution in [3.63, 3.8) is 0 Å². The van der Waals surface area contributed by atoms with Crippen molar-refractivity contribution < 1.29 is 9.31 Å². The van der Waals surface area contributed by atoms with Gasteiger partial charge in [0, 0.05) is 0 Å². The van der Waals surface area contributed by atoms with Crippen LogP contribution in [0, 0.1) is 0 Å². The van der Waals surface area contributed by atoms with E-state index in [1.807, 2.05) is 52.0 Å². The van der Waals surface area contributed by atoms with Crippen LogP contribution in [0.3, 0.4) is 0 Å². The molecule has 0 aromatic heterocycles. The average Bonchev–Trinajstić information content (AvgIpc) is 2.50. The smallest absolute Gasteiger partial charge is 0.399 e. The SMILES string of the molecule is CC1(C)OB(c2ccc(N=C=S)cc2)OC1(C)C. The minimum absolute atomic E-state index is 0.317. The molecule has 2 rings (SSSR count). The van der Waals surface area contributed by atoms with Gasteiger partial charge in [-0.3, -0.25) is 0 Å². The van der Waals surface area contributed by atoms with Gasteiger partial charge in [-0.15, -0.1) is 0 Å². The number of hydrogen-bond acceptors (Lipinski definition) is 4. The van der Waals surface area contributed by atoms with Crippen molar-refractivity contribution in [2.24, 2.45) is 4.99 Å². The second-order valence-corrected chi connectivity index (χ2v) is 5.57. The molecule has 0 spiro atoms. The first-order valence-corrected chi connectivity index (χ1v) is 6.30. The van der Waals surface area contributed by atoms with Gasteiger partial charge < -0.3 is 9.31 Å². The van der Waals surface area contributed by atoms with Crippen LogP contribution in [-0.2, 0) is 9.31 Å². The van der Waals surface area contributed by atoms with Gasteiger partial charge in [-0.2, -0.15) is 4.99 Å². The molecule has 1 fully saturated rings. The van der Waals surface area contributed by atoms with E-state index in [2.05, 4.69) is 22.4 Å². The molecule has 0 amide bonds. The van der Waals surface area contributed by atoms with E-state index in [0.29, 0.717) is 0 Å². The molecule has 0 saturated carbocycles. The third-order valence-electron chi connectivity index (χ3n) is 3.59. The highest BCUT2D eigenvalue weighted by Gasteiger charge is 2.51. The van der Waals surface area contributed by atoms with Gasteiger partial charge in [0.2, 0.25) is 0 Å². The summed E-state index contributed by atoms with van der Waals surface area (Å²) in [5.41, 5.74) is 1.13. The van der Waals surface area contributed by atoms with Crippen LogP contribution < -0.4 is 5.46 Å². The predicted octanol–water partition coefficient (Wildman–Crippen LogP) is 2.72. The number of nitrogens with zero attached hydrogens (tertiary/aromatic N) is 1. The Labute approximate surface area is 113 Å². The monoisotopic (exact) mass is 261 g/mol. The normalized spacial score (nSPS) is 20.6. The Morgan fingerprint density at radius 2 is 1.56 bits per heavy atom. The molecule has 1 aromatic rings. The van der Waals surface area contributed by atoms with Crippen molar-refractivity contribution in [1.29, 1.82) is 0 Å². The van der Waals surface area contributed by atoms with E-state index in [1.54, 1.807) is 0 Å². The molecule has 0 unspecified atom stereocenters. The summed E-state index contributed by atoms with van der Waals surface area (Å²) in [6.07, 6.45) is 0.